The van der Waals surface area contributed by atoms with Crippen LogP contribution in [-0.4, -0.2) is 183 Å². The first kappa shape index (κ1) is 61.5. The van der Waals surface area contributed by atoms with E-state index in [4.69, 9.17) is 37.9 Å². The lowest BCUT2D eigenvalue weighted by molar-refractivity contribution is -0.319. The van der Waals surface area contributed by atoms with Crippen LogP contribution in [0.4, 0.5) is 5.69 Å². The molecule has 1 aromatic heterocycles. The Morgan fingerprint density at radius 2 is 1.58 bits per heavy atom. The van der Waals surface area contributed by atoms with Crippen molar-refractivity contribution in [2.75, 3.05) is 45.9 Å². The van der Waals surface area contributed by atoms with Gasteiger partial charge in [0.1, 0.15) is 41.1 Å². The summed E-state index contributed by atoms with van der Waals surface area (Å²) in [6.45, 7) is 22.1. The van der Waals surface area contributed by atoms with Crippen LogP contribution < -0.4 is 9.64 Å². The fraction of sp³-hybridized carbons (Fsp3) is 0.729. The molecule has 5 heterocycles. The van der Waals surface area contributed by atoms with Crippen molar-refractivity contribution in [2.45, 2.75) is 212 Å². The van der Waals surface area contributed by atoms with E-state index >= 15 is 0 Å². The lowest BCUT2D eigenvalue weighted by atomic mass is 9.74. The molecule has 0 bridgehead atoms. The largest absolute Gasteiger partial charge is 0.494 e. The van der Waals surface area contributed by atoms with Gasteiger partial charge >= 0.3 is 5.97 Å². The monoisotopic (exact) mass is 1090 g/mol. The van der Waals surface area contributed by atoms with Gasteiger partial charge in [-0.15, -0.1) is 5.10 Å². The van der Waals surface area contributed by atoms with Crippen LogP contribution in [0, 0.1) is 23.7 Å². The van der Waals surface area contributed by atoms with Crippen molar-refractivity contribution >= 4 is 17.4 Å². The number of aliphatic hydroxyl groups is 4. The number of cyclic esters (lactones) is 1. The van der Waals surface area contributed by atoms with Crippen LogP contribution in [-0.2, 0) is 55.7 Å². The third kappa shape index (κ3) is 13.4. The first-order chi connectivity index (χ1) is 36.9. The van der Waals surface area contributed by atoms with E-state index < -0.39 is 108 Å². The summed E-state index contributed by atoms with van der Waals surface area (Å²) < 4.78 is 53.0. The number of esters is 1. The second-order valence-corrected chi connectivity index (χ2v) is 23.6. The van der Waals surface area contributed by atoms with E-state index in [1.54, 1.807) is 41.5 Å². The average molecular weight is 1090 g/mol. The number of aliphatic hydroxyl groups excluding tert-OH is 3. The first-order valence-electron chi connectivity index (χ1n) is 28.3. The van der Waals surface area contributed by atoms with E-state index in [0.29, 0.717) is 26.0 Å². The lowest BCUT2D eigenvalue weighted by Gasteiger charge is -2.50. The number of hydrogen-bond acceptors (Lipinski definition) is 18. The van der Waals surface area contributed by atoms with Crippen molar-refractivity contribution in [3.63, 3.8) is 0 Å². The molecule has 4 aliphatic heterocycles. The Hall–Kier alpha value is -4.12. The van der Waals surface area contributed by atoms with Gasteiger partial charge in [-0.25, -0.2) is 4.68 Å². The zero-order chi connectivity index (χ0) is 57.0. The summed E-state index contributed by atoms with van der Waals surface area (Å²) in [5, 5.41) is 55.8. The van der Waals surface area contributed by atoms with E-state index in [-0.39, 0.29) is 37.2 Å². The van der Waals surface area contributed by atoms with Crippen molar-refractivity contribution in [2.24, 2.45) is 23.7 Å². The van der Waals surface area contributed by atoms with Gasteiger partial charge in [-0.05, 0) is 124 Å². The van der Waals surface area contributed by atoms with Crippen LogP contribution in [0.5, 0.6) is 5.75 Å². The molecule has 0 aliphatic carbocycles. The maximum absolute atomic E-state index is 14.5. The fourth-order valence-electron chi connectivity index (χ4n) is 12.6. The van der Waals surface area contributed by atoms with Crippen LogP contribution in [0.3, 0.4) is 0 Å². The van der Waals surface area contributed by atoms with Crippen molar-refractivity contribution in [3.8, 4) is 17.0 Å². The highest BCUT2D eigenvalue weighted by atomic mass is 16.7. The normalized spacial score (nSPS) is 37.7. The number of para-hydroxylation sites is 1. The van der Waals surface area contributed by atoms with Crippen LogP contribution in [0.25, 0.3) is 11.3 Å². The van der Waals surface area contributed by atoms with Gasteiger partial charge < -0.3 is 68.1 Å². The number of ketones is 1. The quantitative estimate of drug-likeness (QED) is 0.0900. The van der Waals surface area contributed by atoms with Gasteiger partial charge in [-0.1, -0.05) is 51.1 Å². The number of ether oxygens (including phenoxy) is 8. The fourth-order valence-corrected chi connectivity index (χ4v) is 12.6. The highest BCUT2D eigenvalue weighted by Gasteiger charge is 2.54. The zero-order valence-electron chi connectivity index (χ0n) is 48.6. The van der Waals surface area contributed by atoms with Gasteiger partial charge in [0.15, 0.2) is 12.6 Å². The first-order valence-corrected chi connectivity index (χ1v) is 28.3. The van der Waals surface area contributed by atoms with Gasteiger partial charge in [0.25, 0.3) is 0 Å². The smallest absolute Gasteiger partial charge is 0.311 e. The molecule has 19 atom stereocenters. The number of rotatable bonds is 17. The maximum atomic E-state index is 14.5. The number of anilines is 1. The summed E-state index contributed by atoms with van der Waals surface area (Å²) in [4.78, 5) is 33.3. The number of methoxy groups -OCH3 is 2. The molecule has 7 rings (SSSR count). The summed E-state index contributed by atoms with van der Waals surface area (Å²) in [5.74, 6) is -3.97. The van der Waals surface area contributed by atoms with Crippen molar-refractivity contribution in [1.29, 1.82) is 0 Å². The van der Waals surface area contributed by atoms with Crippen LogP contribution >= 0.6 is 0 Å². The molecule has 78 heavy (non-hydrogen) atoms. The molecule has 2 aromatic carbocycles. The Morgan fingerprint density at radius 3 is 2.26 bits per heavy atom. The summed E-state index contributed by atoms with van der Waals surface area (Å²) in [7, 11) is 4.97. The second kappa shape index (κ2) is 25.8. The summed E-state index contributed by atoms with van der Waals surface area (Å²) in [6, 6.07) is 16.3. The summed E-state index contributed by atoms with van der Waals surface area (Å²) in [5.41, 5.74) is 0.0203. The molecule has 436 valence electrons. The van der Waals surface area contributed by atoms with Crippen molar-refractivity contribution in [3.05, 3.63) is 60.3 Å². The predicted molar refractivity (Wildman–Crippen MR) is 293 cm³/mol. The molecule has 0 spiro atoms. The second-order valence-electron chi connectivity index (χ2n) is 23.6. The van der Waals surface area contributed by atoms with Crippen LogP contribution in [0.1, 0.15) is 114 Å². The summed E-state index contributed by atoms with van der Waals surface area (Å²) >= 11 is 0. The van der Waals surface area contributed by atoms with Gasteiger partial charge in [0.2, 0.25) is 0 Å². The number of likely N-dealkylation sites (N-methyl/N-ethyl adjacent to an activating group) is 1. The van der Waals surface area contributed by atoms with E-state index in [0.717, 1.165) is 36.5 Å². The molecule has 0 saturated carbocycles. The molecular weight excluding hydrogens is 1000 g/mol. The number of aromatic nitrogens is 3. The highest BCUT2D eigenvalue weighted by Crippen LogP contribution is 2.42. The van der Waals surface area contributed by atoms with Gasteiger partial charge in [-0.3, -0.25) is 9.59 Å². The number of carbonyl (C=O) groups is 2. The Kier molecular flexibility index (Phi) is 20.3. The minimum atomic E-state index is -2.00. The van der Waals surface area contributed by atoms with E-state index in [1.165, 1.54) is 32.4 Å². The number of Topliss-reactive ketones (excluding diaryl/α,β-unsaturated/α-hetero) is 1. The highest BCUT2D eigenvalue weighted by molar-refractivity contribution is 5.83. The number of fused-ring (bicyclic) bond motifs is 1. The van der Waals surface area contributed by atoms with Gasteiger partial charge in [0, 0.05) is 74.8 Å². The third-order valence-electron chi connectivity index (χ3n) is 17.7. The molecule has 4 N–H and O–H groups in total. The molecule has 19 heteroatoms. The third-order valence-corrected chi connectivity index (χ3v) is 17.7. The van der Waals surface area contributed by atoms with Crippen molar-refractivity contribution < 1.29 is 67.9 Å². The molecule has 3 fully saturated rings. The SMILES string of the molecule is CC[C@H]1OC(=O)[C@H](C)[C@@H](OC2C[C@@](C)(OC)[C@@H](O)[C@H](C)O2)[C@H](C)[C@@H](O[C@@H]2O[C@H](C)CC(N(C)CCCOc3ccc(-c4cn(C[C@H](C)N5CCc6ccccc65)nn4)cc3)[C@H]2O)[C@](C)(OC)C[C@@H](C)C(=O)[C@H](C)[C@@H](O)[C@]1(C)O. The Labute approximate surface area is 462 Å². The molecule has 0 amide bonds. The Balaban J connectivity index is 1.05. The maximum Gasteiger partial charge on any atom is 0.311 e. The van der Waals surface area contributed by atoms with E-state index in [1.807, 2.05) is 63.0 Å². The minimum Gasteiger partial charge on any atom is -0.494 e. The molecular formula is C59H91N5O14. The molecule has 3 saturated heterocycles. The molecule has 19 nitrogen and oxygen atoms in total. The number of nitrogens with zero attached hydrogens (tertiary/aromatic N) is 5. The number of carbonyl (C=O) groups excluding carboxylic acids is 2. The number of hydrogen-bond donors (Lipinski definition) is 4. The zero-order valence-corrected chi connectivity index (χ0v) is 48.6. The topological polar surface area (TPSA) is 226 Å². The molecule has 4 aliphatic rings. The predicted octanol–water partition coefficient (Wildman–Crippen LogP) is 5.99. The Morgan fingerprint density at radius 1 is 0.885 bits per heavy atom. The standard InChI is InChI=1S/C59H91N5O14/c1-15-47-59(11,70)52(67)37(5)49(65)34(2)30-58(10,72-14)54(38(6)51(39(7)55(69)76-47)77-48-31-57(9,71-13)53(68)40(8)75-48)78-56-50(66)46(29-36(4)74-56)62(12)26-18-28-73-43-23-21-41(22-24-43)44-33-63(61-60-44)32-35(3)64-27-25-42-19-16-17-20-45(42)64/h16-17,19-24,33-40,46-48,50-54,56,66-68,70H,15,18,25-32H2,1-14H3/t34-,35+,36-,37+,38+,39-,40+,46?,47-,48?,50-,51+,52-,53+,54-,56+,57-,58-,59-/m1/s1. The average Bonchev–Trinajstić information content (AvgIpc) is 4.11. The van der Waals surface area contributed by atoms with Crippen LogP contribution in [0.15, 0.2) is 54.7 Å². The lowest BCUT2D eigenvalue weighted by Crippen LogP contribution is -2.61. The molecule has 3 aromatic rings. The van der Waals surface area contributed by atoms with Gasteiger partial charge in [-0.2, -0.15) is 0 Å². The minimum absolute atomic E-state index is 0.0741. The Bertz CT molecular complexity index is 2430. The van der Waals surface area contributed by atoms with E-state index in [2.05, 4.69) is 51.3 Å². The van der Waals surface area contributed by atoms with E-state index in [9.17, 15) is 30.0 Å². The number of benzene rings is 2. The van der Waals surface area contributed by atoms with Gasteiger partial charge in [0.05, 0.1) is 67.0 Å². The molecule has 0 radical (unpaired) electrons. The molecule has 2 unspecified atom stereocenters. The van der Waals surface area contributed by atoms with Crippen molar-refractivity contribution in [1.82, 2.24) is 19.9 Å². The van der Waals surface area contributed by atoms with Crippen LogP contribution in [0.2, 0.25) is 0 Å². The summed E-state index contributed by atoms with van der Waals surface area (Å²) in [6.07, 6.45) is -5.77.